The Morgan fingerprint density at radius 2 is 1.75 bits per heavy atom. The smallest absolute Gasteiger partial charge is 0.303 e. The van der Waals surface area contributed by atoms with E-state index in [2.05, 4.69) is 15.2 Å². The number of hydrogen-bond acceptors (Lipinski definition) is 6. The molecule has 2 fully saturated rings. The van der Waals surface area contributed by atoms with Gasteiger partial charge in [-0.05, 0) is 30.5 Å². The van der Waals surface area contributed by atoms with Crippen molar-refractivity contribution in [3.63, 3.8) is 0 Å². The molecule has 1 aromatic carbocycles. The van der Waals surface area contributed by atoms with E-state index in [9.17, 15) is 22.8 Å². The van der Waals surface area contributed by atoms with Crippen molar-refractivity contribution >= 4 is 23.3 Å². The minimum absolute atomic E-state index is 0.0923. The van der Waals surface area contributed by atoms with Gasteiger partial charge in [0.15, 0.2) is 11.0 Å². The highest BCUT2D eigenvalue weighted by molar-refractivity contribution is 7.14. The fraction of sp³-hybridized carbons (Fsp3) is 0.286. The number of urea groups is 1. The van der Waals surface area contributed by atoms with Gasteiger partial charge in [0.05, 0.1) is 6.54 Å². The highest BCUT2D eigenvalue weighted by Crippen LogP contribution is 2.52. The summed E-state index contributed by atoms with van der Waals surface area (Å²) in [6.07, 6.45) is -2.57. The Balaban J connectivity index is 1.46. The summed E-state index contributed by atoms with van der Waals surface area (Å²) >= 11 is 1.19. The average Bonchev–Trinajstić information content (AvgIpc) is 3.41. The predicted octanol–water partition coefficient (Wildman–Crippen LogP) is 4.20. The third-order valence-corrected chi connectivity index (χ3v) is 6.55. The number of amides is 3. The molecule has 3 amide bonds. The maximum Gasteiger partial charge on any atom is 0.413 e. The largest absolute Gasteiger partial charge is 0.413 e. The highest BCUT2D eigenvalue weighted by Gasteiger charge is 2.68. The van der Waals surface area contributed by atoms with E-state index in [-0.39, 0.29) is 12.1 Å². The molecule has 1 saturated carbocycles. The first-order chi connectivity index (χ1) is 15.3. The van der Waals surface area contributed by atoms with E-state index in [1.165, 1.54) is 40.5 Å². The Morgan fingerprint density at radius 3 is 2.38 bits per heavy atom. The summed E-state index contributed by atoms with van der Waals surface area (Å²) in [6, 6.07) is 9.02. The molecule has 1 unspecified atom stereocenters. The van der Waals surface area contributed by atoms with Crippen molar-refractivity contribution in [3.8, 4) is 10.7 Å². The summed E-state index contributed by atoms with van der Waals surface area (Å²) in [5.74, 6) is -0.817. The number of nitrogens with zero attached hydrogens (tertiary/aromatic N) is 5. The van der Waals surface area contributed by atoms with Gasteiger partial charge in [-0.25, -0.2) is 9.69 Å². The zero-order valence-corrected chi connectivity index (χ0v) is 17.3. The van der Waals surface area contributed by atoms with Gasteiger partial charge in [-0.2, -0.15) is 13.2 Å². The first-order valence-electron chi connectivity index (χ1n) is 9.82. The van der Waals surface area contributed by atoms with Crippen molar-refractivity contribution in [1.82, 2.24) is 25.0 Å². The molecule has 1 atom stereocenters. The molecule has 32 heavy (non-hydrogen) atoms. The van der Waals surface area contributed by atoms with Gasteiger partial charge in [0.2, 0.25) is 0 Å². The van der Waals surface area contributed by atoms with Crippen molar-refractivity contribution in [3.05, 3.63) is 65.3 Å². The number of hydrogen-bond donors (Lipinski definition) is 0. The molecule has 2 aliphatic rings. The first-order valence-corrected chi connectivity index (χ1v) is 10.6. The third kappa shape index (κ3) is 3.32. The topological polar surface area (TPSA) is 79.3 Å². The number of pyridine rings is 1. The van der Waals surface area contributed by atoms with Crippen LogP contribution in [0.4, 0.5) is 18.0 Å². The van der Waals surface area contributed by atoms with Crippen molar-refractivity contribution in [2.24, 2.45) is 0 Å². The first kappa shape index (κ1) is 20.6. The van der Waals surface area contributed by atoms with Crippen molar-refractivity contribution in [2.75, 3.05) is 0 Å². The van der Waals surface area contributed by atoms with E-state index < -0.39 is 29.7 Å². The van der Waals surface area contributed by atoms with Crippen LogP contribution in [-0.2, 0) is 11.3 Å². The second kappa shape index (κ2) is 7.37. The lowest BCUT2D eigenvalue weighted by molar-refractivity contribution is -0.182. The fourth-order valence-electron chi connectivity index (χ4n) is 3.95. The van der Waals surface area contributed by atoms with Gasteiger partial charge in [-0.1, -0.05) is 47.7 Å². The van der Waals surface area contributed by atoms with Crippen molar-refractivity contribution in [1.29, 1.82) is 0 Å². The van der Waals surface area contributed by atoms with Crippen LogP contribution >= 0.6 is 11.3 Å². The maximum absolute atomic E-state index is 14.0. The van der Waals surface area contributed by atoms with Gasteiger partial charge < -0.3 is 4.90 Å². The minimum Gasteiger partial charge on any atom is -0.303 e. The minimum atomic E-state index is -4.81. The summed E-state index contributed by atoms with van der Waals surface area (Å²) in [5, 5.41) is 9.08. The molecule has 5 rings (SSSR count). The average molecular weight is 459 g/mol. The summed E-state index contributed by atoms with van der Waals surface area (Å²) in [7, 11) is 0. The highest BCUT2D eigenvalue weighted by atomic mass is 32.1. The Kier molecular flexibility index (Phi) is 4.73. The van der Waals surface area contributed by atoms with Crippen LogP contribution in [0.3, 0.4) is 0 Å². The van der Waals surface area contributed by atoms with Crippen molar-refractivity contribution < 1.29 is 22.8 Å². The Bertz CT molecular complexity index is 1160. The van der Waals surface area contributed by atoms with Crippen LogP contribution in [0.15, 0.2) is 54.7 Å². The predicted molar refractivity (Wildman–Crippen MR) is 108 cm³/mol. The summed E-state index contributed by atoms with van der Waals surface area (Å²) in [5.41, 5.74) is -0.802. The van der Waals surface area contributed by atoms with Gasteiger partial charge >= 0.3 is 12.2 Å². The number of alkyl halides is 3. The van der Waals surface area contributed by atoms with Gasteiger partial charge in [0.25, 0.3) is 5.91 Å². The molecular formula is C21H16F3N5O2S. The molecule has 11 heteroatoms. The Morgan fingerprint density at radius 1 is 1.03 bits per heavy atom. The number of halogens is 3. The fourth-order valence-corrected chi connectivity index (χ4v) is 4.76. The van der Waals surface area contributed by atoms with Crippen LogP contribution in [0.5, 0.6) is 0 Å². The standard InChI is InChI=1S/C21H16F3N5O2S/c22-21(23,24)16(13-6-2-1-3-7-13)29-18(30)20(9-10-20)28(19(29)31)12-15-26-27-17(32-15)14-8-4-5-11-25-14/h1-8,11,16H,9-10,12H2. The molecule has 7 nitrogen and oxygen atoms in total. The summed E-state index contributed by atoms with van der Waals surface area (Å²) in [4.78, 5) is 32.1. The molecule has 164 valence electrons. The zero-order valence-electron chi connectivity index (χ0n) is 16.5. The maximum atomic E-state index is 14.0. The quantitative estimate of drug-likeness (QED) is 0.535. The van der Waals surface area contributed by atoms with Gasteiger partial charge in [-0.3, -0.25) is 9.78 Å². The molecule has 0 N–H and O–H groups in total. The summed E-state index contributed by atoms with van der Waals surface area (Å²) in [6.45, 7) is -0.0923. The number of rotatable bonds is 5. The van der Waals surface area contributed by atoms with Crippen LogP contribution in [0.2, 0.25) is 0 Å². The lowest BCUT2D eigenvalue weighted by Gasteiger charge is -2.28. The van der Waals surface area contributed by atoms with Crippen LogP contribution in [0.25, 0.3) is 10.7 Å². The molecule has 1 saturated heterocycles. The zero-order chi connectivity index (χ0) is 22.5. The van der Waals surface area contributed by atoms with Gasteiger partial charge in [0, 0.05) is 6.20 Å². The summed E-state index contributed by atoms with van der Waals surface area (Å²) < 4.78 is 42.1. The van der Waals surface area contributed by atoms with E-state index in [1.54, 1.807) is 30.5 Å². The number of aromatic nitrogens is 3. The van der Waals surface area contributed by atoms with E-state index in [4.69, 9.17) is 0 Å². The van der Waals surface area contributed by atoms with E-state index in [0.717, 1.165) is 0 Å². The lowest BCUT2D eigenvalue weighted by atomic mass is 10.0. The van der Waals surface area contributed by atoms with Crippen LogP contribution in [0, 0.1) is 0 Å². The number of carbonyl (C=O) groups is 2. The molecule has 1 spiro atoms. The molecule has 0 radical (unpaired) electrons. The second-order valence-corrected chi connectivity index (χ2v) is 8.71. The number of carbonyl (C=O) groups excluding carboxylic acids is 2. The van der Waals surface area contributed by atoms with Gasteiger partial charge in [-0.15, -0.1) is 10.2 Å². The van der Waals surface area contributed by atoms with Crippen molar-refractivity contribution in [2.45, 2.75) is 37.1 Å². The van der Waals surface area contributed by atoms with E-state index >= 15 is 0 Å². The molecule has 1 aliphatic carbocycles. The number of benzene rings is 1. The Labute approximate surface area is 184 Å². The van der Waals surface area contributed by atoms with Crippen LogP contribution < -0.4 is 0 Å². The normalized spacial score (nSPS) is 18.5. The lowest BCUT2D eigenvalue weighted by Crippen LogP contribution is -2.43. The van der Waals surface area contributed by atoms with Crippen LogP contribution in [-0.4, -0.2) is 48.6 Å². The van der Waals surface area contributed by atoms with Gasteiger partial charge in [0.1, 0.15) is 16.2 Å². The molecule has 2 aromatic heterocycles. The third-order valence-electron chi connectivity index (χ3n) is 5.62. The van der Waals surface area contributed by atoms with E-state index in [1.807, 2.05) is 0 Å². The molecule has 3 heterocycles. The Hall–Kier alpha value is -3.34. The molecule has 1 aliphatic heterocycles. The molecule has 0 bridgehead atoms. The second-order valence-electron chi connectivity index (χ2n) is 7.65. The van der Waals surface area contributed by atoms with Crippen LogP contribution in [0.1, 0.15) is 29.5 Å². The molecule has 3 aromatic rings. The molecular weight excluding hydrogens is 443 g/mol. The SMILES string of the molecule is O=C1N(C(c2ccccc2)C(F)(F)F)C(=O)C2(CC2)N1Cc1nnc(-c2ccccn2)s1. The van der Waals surface area contributed by atoms with E-state index in [0.29, 0.717) is 33.5 Å². The monoisotopic (exact) mass is 459 g/mol. The number of imide groups is 1.